The Hall–Kier alpha value is -0.375. The van der Waals surface area contributed by atoms with Crippen molar-refractivity contribution in [2.75, 3.05) is 0 Å². The molecule has 0 saturated heterocycles. The van der Waals surface area contributed by atoms with Crippen molar-refractivity contribution >= 4 is 6.71 Å². The molecule has 0 spiro atoms. The Bertz CT molecular complexity index is 128. The first-order valence-electron chi connectivity index (χ1n) is 4.73. The molecule has 0 rings (SSSR count). The van der Waals surface area contributed by atoms with Crippen LogP contribution in [-0.2, 0) is 0 Å². The van der Waals surface area contributed by atoms with Gasteiger partial charge in [0, 0.05) is 6.42 Å². The fraction of sp³-hybridized carbons (Fsp3) is 0.800. The zero-order valence-electron chi connectivity index (χ0n) is 8.11. The molecule has 62 valence electrons. The first-order valence-corrected chi connectivity index (χ1v) is 4.73. The molecule has 0 aliphatic heterocycles. The second-order valence-electron chi connectivity index (χ2n) is 3.41. The van der Waals surface area contributed by atoms with E-state index in [4.69, 9.17) is 0 Å². The van der Waals surface area contributed by atoms with Crippen molar-refractivity contribution in [1.82, 2.24) is 0 Å². The largest absolute Gasteiger partial charge is 0.147 e. The third-order valence-electron chi connectivity index (χ3n) is 1.54. The van der Waals surface area contributed by atoms with Crippen molar-refractivity contribution in [3.05, 3.63) is 0 Å². The Labute approximate surface area is 71.8 Å². The molecule has 0 heterocycles. The number of unbranched alkanes of at least 4 members (excludes halogenated alkanes) is 3. The minimum absolute atomic E-state index is 0.730. The Kier molecular flexibility index (Phi) is 7.47. The summed E-state index contributed by atoms with van der Waals surface area (Å²) in [7, 11) is 0. The fourth-order valence-electron chi connectivity index (χ4n) is 0.828. The molecule has 11 heavy (non-hydrogen) atoms. The molecule has 0 saturated carbocycles. The highest BCUT2D eigenvalue weighted by atomic mass is 13.8. The van der Waals surface area contributed by atoms with Gasteiger partial charge in [-0.3, -0.25) is 0 Å². The summed E-state index contributed by atoms with van der Waals surface area (Å²) in [5.74, 6) is 6.40. The molecule has 0 fully saturated rings. The van der Waals surface area contributed by atoms with Gasteiger partial charge in [0.1, 0.15) is 6.71 Å². The third-order valence-corrected chi connectivity index (χ3v) is 1.54. The van der Waals surface area contributed by atoms with E-state index >= 15 is 0 Å². The van der Waals surface area contributed by atoms with E-state index in [1.165, 1.54) is 19.3 Å². The van der Waals surface area contributed by atoms with E-state index in [1.807, 2.05) is 0 Å². The molecular weight excluding hydrogens is 131 g/mol. The summed E-state index contributed by atoms with van der Waals surface area (Å²) in [5, 5.41) is 0. The number of rotatable bonds is 4. The Morgan fingerprint density at radius 1 is 1.09 bits per heavy atom. The standard InChI is InChI=1S/C10H19B/c1-4-5-6-7-8-9-10-11(2)3/h4-7,10H2,1-3H3. The van der Waals surface area contributed by atoms with Gasteiger partial charge in [0.25, 0.3) is 0 Å². The highest BCUT2D eigenvalue weighted by molar-refractivity contribution is 6.56. The lowest BCUT2D eigenvalue weighted by Gasteiger charge is -1.90. The first kappa shape index (κ1) is 10.6. The van der Waals surface area contributed by atoms with Crippen molar-refractivity contribution < 1.29 is 0 Å². The van der Waals surface area contributed by atoms with Gasteiger partial charge >= 0.3 is 0 Å². The molecule has 0 unspecified atom stereocenters. The maximum absolute atomic E-state index is 3.20. The van der Waals surface area contributed by atoms with Crippen LogP contribution in [0.4, 0.5) is 0 Å². The van der Waals surface area contributed by atoms with Crippen LogP contribution in [0.2, 0.25) is 20.0 Å². The SMILES string of the molecule is CCCCCC#CCB(C)C. The molecule has 0 aromatic rings. The van der Waals surface area contributed by atoms with Crippen molar-refractivity contribution in [1.29, 1.82) is 0 Å². The van der Waals surface area contributed by atoms with Crippen LogP contribution in [0.15, 0.2) is 0 Å². The van der Waals surface area contributed by atoms with Gasteiger partial charge in [0.05, 0.1) is 0 Å². The maximum Gasteiger partial charge on any atom is 0.147 e. The van der Waals surface area contributed by atoms with Gasteiger partial charge in [0.15, 0.2) is 0 Å². The van der Waals surface area contributed by atoms with Crippen LogP contribution < -0.4 is 0 Å². The predicted octanol–water partition coefficient (Wildman–Crippen LogP) is 3.32. The molecule has 0 nitrogen and oxygen atoms in total. The third kappa shape index (κ3) is 9.62. The Morgan fingerprint density at radius 2 is 1.82 bits per heavy atom. The zero-order valence-corrected chi connectivity index (χ0v) is 8.11. The summed E-state index contributed by atoms with van der Waals surface area (Å²) < 4.78 is 0. The molecule has 0 bridgehead atoms. The topological polar surface area (TPSA) is 0 Å². The second-order valence-corrected chi connectivity index (χ2v) is 3.41. The van der Waals surface area contributed by atoms with E-state index in [2.05, 4.69) is 32.4 Å². The highest BCUT2D eigenvalue weighted by Crippen LogP contribution is 1.97. The zero-order chi connectivity index (χ0) is 8.53. The highest BCUT2D eigenvalue weighted by Gasteiger charge is 1.91. The molecule has 1 heteroatoms. The lowest BCUT2D eigenvalue weighted by atomic mass is 9.52. The first-order chi connectivity index (χ1) is 5.27. The average molecular weight is 150 g/mol. The second kappa shape index (κ2) is 7.73. The average Bonchev–Trinajstić information content (AvgIpc) is 1.96. The summed E-state index contributed by atoms with van der Waals surface area (Å²) in [6, 6.07) is 0. The summed E-state index contributed by atoms with van der Waals surface area (Å²) in [6.45, 7) is 7.37. The van der Waals surface area contributed by atoms with Crippen LogP contribution in [0.5, 0.6) is 0 Å². The normalized spacial score (nSPS) is 8.64. The van der Waals surface area contributed by atoms with Gasteiger partial charge in [-0.2, -0.15) is 0 Å². The van der Waals surface area contributed by atoms with Gasteiger partial charge in [-0.1, -0.05) is 33.4 Å². The molecule has 0 aromatic heterocycles. The van der Waals surface area contributed by atoms with Crippen molar-refractivity contribution in [3.63, 3.8) is 0 Å². The summed E-state index contributed by atoms with van der Waals surface area (Å²) in [5.41, 5.74) is 0. The van der Waals surface area contributed by atoms with E-state index < -0.39 is 0 Å². The molecule has 0 aromatic carbocycles. The van der Waals surface area contributed by atoms with Crippen LogP contribution >= 0.6 is 0 Å². The van der Waals surface area contributed by atoms with E-state index in [0.717, 1.165) is 19.5 Å². The molecule has 0 N–H and O–H groups in total. The lowest BCUT2D eigenvalue weighted by Crippen LogP contribution is -1.94. The van der Waals surface area contributed by atoms with E-state index in [9.17, 15) is 0 Å². The summed E-state index contributed by atoms with van der Waals surface area (Å²) in [4.78, 5) is 0. The molecule has 0 aliphatic rings. The van der Waals surface area contributed by atoms with Crippen LogP contribution in [0.3, 0.4) is 0 Å². The van der Waals surface area contributed by atoms with Crippen LogP contribution in [-0.4, -0.2) is 6.71 Å². The molecule has 0 aliphatic carbocycles. The van der Waals surface area contributed by atoms with Gasteiger partial charge < -0.3 is 0 Å². The van der Waals surface area contributed by atoms with E-state index in [-0.39, 0.29) is 0 Å². The quantitative estimate of drug-likeness (QED) is 0.327. The molecule has 0 radical (unpaired) electrons. The van der Waals surface area contributed by atoms with E-state index in [1.54, 1.807) is 0 Å². The number of hydrogen-bond acceptors (Lipinski definition) is 0. The van der Waals surface area contributed by atoms with Crippen molar-refractivity contribution in [2.24, 2.45) is 0 Å². The minimum Gasteiger partial charge on any atom is -0.111 e. The van der Waals surface area contributed by atoms with Gasteiger partial charge in [-0.05, 0) is 12.7 Å². The fourth-order valence-corrected chi connectivity index (χ4v) is 0.828. The summed E-state index contributed by atoms with van der Waals surface area (Å²) in [6.07, 6.45) is 6.07. The van der Waals surface area contributed by atoms with Crippen LogP contribution in [0.25, 0.3) is 0 Å². The van der Waals surface area contributed by atoms with Gasteiger partial charge in [0.2, 0.25) is 0 Å². The maximum atomic E-state index is 3.20. The number of hydrogen-bond donors (Lipinski definition) is 0. The molecule has 0 amide bonds. The van der Waals surface area contributed by atoms with E-state index in [0.29, 0.717) is 0 Å². The van der Waals surface area contributed by atoms with Crippen molar-refractivity contribution in [3.8, 4) is 11.8 Å². The summed E-state index contributed by atoms with van der Waals surface area (Å²) >= 11 is 0. The smallest absolute Gasteiger partial charge is 0.111 e. The van der Waals surface area contributed by atoms with Gasteiger partial charge in [-0.15, -0.1) is 11.8 Å². The lowest BCUT2D eigenvalue weighted by molar-refractivity contribution is 0.737. The molecular formula is C10H19B. The van der Waals surface area contributed by atoms with Crippen molar-refractivity contribution in [2.45, 2.75) is 52.6 Å². The monoisotopic (exact) mass is 150 g/mol. The molecule has 0 atom stereocenters. The minimum atomic E-state index is 0.730. The predicted molar refractivity (Wildman–Crippen MR) is 54.2 cm³/mol. The van der Waals surface area contributed by atoms with Crippen LogP contribution in [0, 0.1) is 11.8 Å². The Balaban J connectivity index is 3.12. The van der Waals surface area contributed by atoms with Crippen LogP contribution in [0.1, 0.15) is 32.6 Å². The Morgan fingerprint density at radius 3 is 2.36 bits per heavy atom. The van der Waals surface area contributed by atoms with Gasteiger partial charge in [-0.25, -0.2) is 0 Å².